The van der Waals surface area contributed by atoms with E-state index >= 15 is 0 Å². The zero-order valence-electron chi connectivity index (χ0n) is 10.2. The van der Waals surface area contributed by atoms with Gasteiger partial charge in [-0.1, -0.05) is 35.9 Å². The maximum absolute atomic E-state index is 12.3. The molecule has 0 radical (unpaired) electrons. The summed E-state index contributed by atoms with van der Waals surface area (Å²) < 4.78 is 0. The maximum atomic E-state index is 12.3. The topological polar surface area (TPSA) is 53.4 Å². The van der Waals surface area contributed by atoms with Crippen LogP contribution in [0.3, 0.4) is 0 Å². The summed E-state index contributed by atoms with van der Waals surface area (Å²) in [4.78, 5) is 18.1. The zero-order valence-corrected chi connectivity index (χ0v) is 11.0. The number of halogens is 1. The van der Waals surface area contributed by atoms with Crippen LogP contribution in [0.4, 0.5) is 0 Å². The van der Waals surface area contributed by atoms with E-state index in [9.17, 15) is 9.90 Å². The predicted molar refractivity (Wildman–Crippen MR) is 73.3 cm³/mol. The maximum Gasteiger partial charge on any atom is 0.272 e. The Hall–Kier alpha value is -1.65. The zero-order chi connectivity index (χ0) is 13.4. The molecule has 5 heteroatoms. The first-order valence-corrected chi connectivity index (χ1v) is 6.55. The fourth-order valence-corrected chi connectivity index (χ4v) is 2.62. The van der Waals surface area contributed by atoms with Crippen molar-refractivity contribution in [1.82, 2.24) is 9.88 Å². The Bertz CT molecular complexity index is 644. The van der Waals surface area contributed by atoms with Crippen LogP contribution in [0.15, 0.2) is 30.3 Å². The number of nitrogens with zero attached hydrogens (tertiary/aromatic N) is 2. The molecule has 1 aliphatic heterocycles. The predicted octanol–water partition coefficient (Wildman–Crippen LogP) is 2.09. The highest BCUT2D eigenvalue weighted by molar-refractivity contribution is 6.34. The second-order valence-electron chi connectivity index (χ2n) is 4.71. The summed E-state index contributed by atoms with van der Waals surface area (Å²) in [6.45, 7) is 0.928. The van der Waals surface area contributed by atoms with Crippen LogP contribution in [0.1, 0.15) is 16.9 Å². The van der Waals surface area contributed by atoms with Gasteiger partial charge in [-0.25, -0.2) is 4.98 Å². The van der Waals surface area contributed by atoms with Crippen LogP contribution >= 0.6 is 11.6 Å². The van der Waals surface area contributed by atoms with Gasteiger partial charge < -0.3 is 10.0 Å². The number of pyridine rings is 1. The molecule has 1 amide bonds. The highest BCUT2D eigenvalue weighted by Gasteiger charge is 2.26. The molecule has 1 aromatic carbocycles. The number of amides is 1. The molecule has 0 saturated carbocycles. The number of rotatable bonds is 1. The largest absolute Gasteiger partial charge is 0.391 e. The molecule has 1 aliphatic rings. The Morgan fingerprint density at radius 3 is 2.95 bits per heavy atom. The molecule has 2 aromatic rings. The number of aliphatic hydroxyl groups is 1. The van der Waals surface area contributed by atoms with Crippen molar-refractivity contribution in [1.29, 1.82) is 0 Å². The van der Waals surface area contributed by atoms with Gasteiger partial charge in [0.25, 0.3) is 5.91 Å². The summed E-state index contributed by atoms with van der Waals surface area (Å²) in [5.74, 6) is -0.177. The van der Waals surface area contributed by atoms with E-state index in [1.807, 2.05) is 24.3 Å². The third kappa shape index (κ3) is 2.29. The van der Waals surface area contributed by atoms with Crippen LogP contribution < -0.4 is 0 Å². The molecule has 0 aliphatic carbocycles. The van der Waals surface area contributed by atoms with Crippen molar-refractivity contribution in [3.05, 3.63) is 41.2 Å². The second-order valence-corrected chi connectivity index (χ2v) is 5.07. The smallest absolute Gasteiger partial charge is 0.272 e. The third-order valence-electron chi connectivity index (χ3n) is 3.36. The fourth-order valence-electron chi connectivity index (χ4n) is 2.35. The van der Waals surface area contributed by atoms with Gasteiger partial charge in [0.1, 0.15) is 10.8 Å². The lowest BCUT2D eigenvalue weighted by atomic mass is 10.1. The van der Waals surface area contributed by atoms with Crippen LogP contribution in [0.5, 0.6) is 0 Å². The average molecular weight is 277 g/mol. The standard InChI is InChI=1S/C14H13ClN2O2/c15-13-11-4-2-1-3-9(11)7-12(16-13)14(19)17-6-5-10(18)8-17/h1-4,7,10,18H,5-6,8H2/t10-/m1/s1. The number of carbonyl (C=O) groups excluding carboxylic acids is 1. The number of fused-ring (bicyclic) bond motifs is 1. The van der Waals surface area contributed by atoms with Gasteiger partial charge in [-0.3, -0.25) is 4.79 Å². The fraction of sp³-hybridized carbons (Fsp3) is 0.286. The van der Waals surface area contributed by atoms with Crippen molar-refractivity contribution >= 4 is 28.3 Å². The molecule has 1 fully saturated rings. The molecule has 1 atom stereocenters. The second kappa shape index (κ2) is 4.79. The van der Waals surface area contributed by atoms with Crippen LogP contribution in [-0.2, 0) is 0 Å². The Labute approximate surface area is 115 Å². The minimum absolute atomic E-state index is 0.177. The van der Waals surface area contributed by atoms with Gasteiger partial charge in [-0.05, 0) is 17.9 Å². The third-order valence-corrected chi connectivity index (χ3v) is 3.65. The first-order chi connectivity index (χ1) is 9.15. The molecule has 98 valence electrons. The summed E-state index contributed by atoms with van der Waals surface area (Å²) in [6, 6.07) is 9.30. The van der Waals surface area contributed by atoms with Crippen molar-refractivity contribution in [3.63, 3.8) is 0 Å². The van der Waals surface area contributed by atoms with E-state index in [4.69, 9.17) is 11.6 Å². The van der Waals surface area contributed by atoms with Gasteiger partial charge in [-0.2, -0.15) is 0 Å². The van der Waals surface area contributed by atoms with Crippen LogP contribution in [0.25, 0.3) is 10.8 Å². The highest BCUT2D eigenvalue weighted by Crippen LogP contribution is 2.23. The molecule has 3 rings (SSSR count). The Morgan fingerprint density at radius 1 is 1.42 bits per heavy atom. The summed E-state index contributed by atoms with van der Waals surface area (Å²) in [7, 11) is 0. The van der Waals surface area contributed by atoms with Crippen molar-refractivity contribution in [2.24, 2.45) is 0 Å². The molecule has 19 heavy (non-hydrogen) atoms. The summed E-state index contributed by atoms with van der Waals surface area (Å²) in [5, 5.41) is 11.5. The highest BCUT2D eigenvalue weighted by atomic mass is 35.5. The number of hydrogen-bond donors (Lipinski definition) is 1. The molecule has 0 bridgehead atoms. The number of aliphatic hydroxyl groups excluding tert-OH is 1. The van der Waals surface area contributed by atoms with E-state index in [1.165, 1.54) is 0 Å². The number of hydrogen-bond acceptors (Lipinski definition) is 3. The lowest BCUT2D eigenvalue weighted by molar-refractivity contribution is 0.0759. The molecule has 0 spiro atoms. The first-order valence-electron chi connectivity index (χ1n) is 6.18. The van der Waals surface area contributed by atoms with E-state index < -0.39 is 6.10 Å². The van der Waals surface area contributed by atoms with Crippen LogP contribution in [-0.4, -0.2) is 40.1 Å². The normalized spacial score (nSPS) is 19.1. The van der Waals surface area contributed by atoms with Gasteiger partial charge in [0.2, 0.25) is 0 Å². The minimum atomic E-state index is -0.431. The molecule has 4 nitrogen and oxygen atoms in total. The molecule has 0 unspecified atom stereocenters. The lowest BCUT2D eigenvalue weighted by Crippen LogP contribution is -2.30. The van der Waals surface area contributed by atoms with Gasteiger partial charge in [0.15, 0.2) is 0 Å². The first kappa shape index (κ1) is 12.4. The Balaban J connectivity index is 1.99. The monoisotopic (exact) mass is 276 g/mol. The van der Waals surface area contributed by atoms with Crippen molar-refractivity contribution in [2.75, 3.05) is 13.1 Å². The van der Waals surface area contributed by atoms with Gasteiger partial charge in [-0.15, -0.1) is 0 Å². The number of carbonyl (C=O) groups is 1. The molecule has 1 saturated heterocycles. The number of aromatic nitrogens is 1. The van der Waals surface area contributed by atoms with E-state index in [2.05, 4.69) is 4.98 Å². The van der Waals surface area contributed by atoms with Gasteiger partial charge in [0.05, 0.1) is 6.10 Å². The van der Waals surface area contributed by atoms with E-state index in [1.54, 1.807) is 11.0 Å². The van der Waals surface area contributed by atoms with Crippen molar-refractivity contribution < 1.29 is 9.90 Å². The molecular weight excluding hydrogens is 264 g/mol. The molecule has 1 N–H and O–H groups in total. The van der Waals surface area contributed by atoms with Crippen molar-refractivity contribution in [3.8, 4) is 0 Å². The van der Waals surface area contributed by atoms with E-state index in [0.717, 1.165) is 10.8 Å². The average Bonchev–Trinajstić information content (AvgIpc) is 2.84. The van der Waals surface area contributed by atoms with E-state index in [0.29, 0.717) is 30.4 Å². The molecular formula is C14H13ClN2O2. The van der Waals surface area contributed by atoms with Gasteiger partial charge in [0, 0.05) is 18.5 Å². The van der Waals surface area contributed by atoms with Gasteiger partial charge >= 0.3 is 0 Å². The summed E-state index contributed by atoms with van der Waals surface area (Å²) in [5.41, 5.74) is 0.331. The number of β-amino-alcohol motifs (C(OH)–C–C–N with tert-alkyl or cyclic N) is 1. The van der Waals surface area contributed by atoms with Crippen LogP contribution in [0, 0.1) is 0 Å². The lowest BCUT2D eigenvalue weighted by Gasteiger charge is -2.15. The summed E-state index contributed by atoms with van der Waals surface area (Å²) in [6.07, 6.45) is 0.187. The van der Waals surface area contributed by atoms with Crippen molar-refractivity contribution in [2.45, 2.75) is 12.5 Å². The number of benzene rings is 1. The quantitative estimate of drug-likeness (QED) is 0.812. The number of likely N-dealkylation sites (tertiary alicyclic amines) is 1. The summed E-state index contributed by atoms with van der Waals surface area (Å²) >= 11 is 6.11. The minimum Gasteiger partial charge on any atom is -0.391 e. The van der Waals surface area contributed by atoms with Crippen LogP contribution in [0.2, 0.25) is 5.15 Å². The SMILES string of the molecule is O=C(c1cc2ccccc2c(Cl)n1)N1CC[C@@H](O)C1. The Morgan fingerprint density at radius 2 is 2.21 bits per heavy atom. The Kier molecular flexibility index (Phi) is 3.12. The molecule has 2 heterocycles. The van der Waals surface area contributed by atoms with E-state index in [-0.39, 0.29) is 5.91 Å². The molecule has 1 aromatic heterocycles.